The Morgan fingerprint density at radius 3 is 2.50 bits per heavy atom. The van der Waals surface area contributed by atoms with Gasteiger partial charge in [0.05, 0.1) is 39.5 Å². The van der Waals surface area contributed by atoms with Gasteiger partial charge in [-0.15, -0.1) is 0 Å². The monoisotopic (exact) mass is 523 g/mol. The molecule has 1 aliphatic rings. The van der Waals surface area contributed by atoms with Crippen molar-refractivity contribution in [1.29, 1.82) is 0 Å². The number of imidazole rings is 1. The van der Waals surface area contributed by atoms with Gasteiger partial charge in [0.15, 0.2) is 11.5 Å². The molecule has 0 aliphatic carbocycles. The second-order valence-corrected chi connectivity index (χ2v) is 8.93. The van der Waals surface area contributed by atoms with Crippen LogP contribution in [0.4, 0.5) is 0 Å². The van der Waals surface area contributed by atoms with E-state index in [0.29, 0.717) is 41.3 Å². The van der Waals surface area contributed by atoms with Gasteiger partial charge in [0.25, 0.3) is 11.7 Å². The van der Waals surface area contributed by atoms with Crippen molar-refractivity contribution in [2.45, 2.75) is 32.9 Å². The van der Waals surface area contributed by atoms with Gasteiger partial charge in [0, 0.05) is 24.2 Å². The SMILES string of the molecule is COC(=O)c1[nH]c(C)c(C(O)=C2C(=O)C(=O)N(CCC[n+]3cc[nH]c3)C2c2ccc(OC)c(OC)c2)c1C. The zero-order valence-electron chi connectivity index (χ0n) is 22.0. The molecule has 1 saturated heterocycles. The third-order valence-corrected chi connectivity index (χ3v) is 6.75. The molecule has 0 spiro atoms. The van der Waals surface area contributed by atoms with E-state index in [-0.39, 0.29) is 29.1 Å². The zero-order valence-corrected chi connectivity index (χ0v) is 22.0. The lowest BCUT2D eigenvalue weighted by Gasteiger charge is -2.26. The first-order valence-corrected chi connectivity index (χ1v) is 12.0. The third kappa shape index (κ3) is 4.62. The lowest BCUT2D eigenvalue weighted by molar-refractivity contribution is -0.695. The number of methoxy groups -OCH3 is 3. The molecule has 0 saturated carbocycles. The number of aromatic amines is 2. The summed E-state index contributed by atoms with van der Waals surface area (Å²) in [5, 5.41) is 11.5. The summed E-state index contributed by atoms with van der Waals surface area (Å²) in [6.45, 7) is 4.19. The maximum atomic E-state index is 13.4. The minimum Gasteiger partial charge on any atom is -0.507 e. The predicted octanol–water partition coefficient (Wildman–Crippen LogP) is 2.56. The van der Waals surface area contributed by atoms with Crippen LogP contribution >= 0.6 is 0 Å². The number of esters is 1. The summed E-state index contributed by atoms with van der Waals surface area (Å²) >= 11 is 0. The standard InChI is InChI=1S/C27H30N4O7/c1-15-20(16(2)29-22(15)27(35)38-5)24(32)21-23(17-7-8-18(36-3)19(13-17)37-4)31(26(34)25(21)33)11-6-10-30-12-9-28-14-30/h7-9,12-14,23H,6,10-11H2,1-5H3,(H2,29,32,33,35)/p+1. The van der Waals surface area contributed by atoms with E-state index >= 15 is 0 Å². The van der Waals surface area contributed by atoms with Crippen molar-refractivity contribution in [3.05, 3.63) is 70.6 Å². The number of ether oxygens (including phenoxy) is 3. The minimum atomic E-state index is -0.888. The van der Waals surface area contributed by atoms with Gasteiger partial charge in [-0.25, -0.2) is 9.36 Å². The molecule has 1 aromatic carbocycles. The molecule has 11 heteroatoms. The van der Waals surface area contributed by atoms with Crippen LogP contribution in [0.5, 0.6) is 11.5 Å². The molecule has 11 nitrogen and oxygen atoms in total. The lowest BCUT2D eigenvalue weighted by Crippen LogP contribution is -2.36. The topological polar surface area (TPSA) is 138 Å². The highest BCUT2D eigenvalue weighted by Gasteiger charge is 2.46. The number of nitrogens with zero attached hydrogens (tertiary/aromatic N) is 2. The number of amides is 1. The number of Topliss-reactive ketones (excluding diaryl/α,β-unsaturated/α-hetero) is 1. The number of likely N-dealkylation sites (tertiary alicyclic amines) is 1. The Hall–Kier alpha value is -4.54. The number of H-pyrrole nitrogens is 2. The molecular formula is C27H31N4O7+. The summed E-state index contributed by atoms with van der Waals surface area (Å²) < 4.78 is 17.6. The van der Waals surface area contributed by atoms with Gasteiger partial charge >= 0.3 is 5.97 Å². The van der Waals surface area contributed by atoms with Gasteiger partial charge < -0.3 is 29.2 Å². The number of aliphatic hydroxyl groups is 1. The predicted molar refractivity (Wildman–Crippen MR) is 136 cm³/mol. The molecule has 2 aromatic heterocycles. The van der Waals surface area contributed by atoms with Crippen molar-refractivity contribution >= 4 is 23.4 Å². The first kappa shape index (κ1) is 26.5. The van der Waals surface area contributed by atoms with E-state index < -0.39 is 23.7 Å². The maximum absolute atomic E-state index is 13.4. The van der Waals surface area contributed by atoms with Gasteiger partial charge in [0.2, 0.25) is 6.33 Å². The second kappa shape index (κ2) is 10.8. The number of hydrogen-bond acceptors (Lipinski definition) is 7. The largest absolute Gasteiger partial charge is 0.507 e. The van der Waals surface area contributed by atoms with Crippen molar-refractivity contribution in [2.24, 2.45) is 0 Å². The molecule has 3 N–H and O–H groups in total. The molecule has 1 aliphatic heterocycles. The highest BCUT2D eigenvalue weighted by atomic mass is 16.5. The first-order chi connectivity index (χ1) is 18.2. The van der Waals surface area contributed by atoms with Crippen molar-refractivity contribution in [3.63, 3.8) is 0 Å². The molecule has 4 rings (SSSR count). The van der Waals surface area contributed by atoms with Crippen molar-refractivity contribution in [3.8, 4) is 11.5 Å². The van der Waals surface area contributed by atoms with Crippen molar-refractivity contribution in [1.82, 2.24) is 14.9 Å². The number of benzene rings is 1. The summed E-state index contributed by atoms with van der Waals surface area (Å²) in [4.78, 5) is 46.3. The molecule has 3 aromatic rings. The van der Waals surface area contributed by atoms with E-state index in [2.05, 4.69) is 9.97 Å². The number of carbonyl (C=O) groups excluding carboxylic acids is 3. The number of hydrogen-bond donors (Lipinski definition) is 3. The third-order valence-electron chi connectivity index (χ3n) is 6.75. The average molecular weight is 524 g/mol. The second-order valence-electron chi connectivity index (χ2n) is 8.93. The van der Waals surface area contributed by atoms with Crippen LogP contribution in [0.1, 0.15) is 45.3 Å². The maximum Gasteiger partial charge on any atom is 0.354 e. The Balaban J connectivity index is 1.84. The van der Waals surface area contributed by atoms with E-state index in [1.807, 2.05) is 10.8 Å². The van der Waals surface area contributed by atoms with Crippen LogP contribution in [-0.2, 0) is 20.9 Å². The summed E-state index contributed by atoms with van der Waals surface area (Å²) in [6.07, 6.45) is 6.03. The van der Waals surface area contributed by atoms with Crippen LogP contribution in [0.2, 0.25) is 0 Å². The van der Waals surface area contributed by atoms with Gasteiger partial charge in [-0.3, -0.25) is 14.6 Å². The minimum absolute atomic E-state index is 0.0712. The van der Waals surface area contributed by atoms with Crippen LogP contribution in [0.3, 0.4) is 0 Å². The Bertz CT molecular complexity index is 1400. The molecule has 1 amide bonds. The van der Waals surface area contributed by atoms with Crippen LogP contribution in [0.15, 0.2) is 42.5 Å². The van der Waals surface area contributed by atoms with E-state index in [0.717, 1.165) is 0 Å². The summed E-state index contributed by atoms with van der Waals surface area (Å²) in [7, 11) is 4.26. The van der Waals surface area contributed by atoms with E-state index in [1.54, 1.807) is 44.6 Å². The van der Waals surface area contributed by atoms with Gasteiger partial charge in [-0.05, 0) is 37.1 Å². The number of ketones is 1. The normalized spacial score (nSPS) is 16.7. The molecule has 1 unspecified atom stereocenters. The van der Waals surface area contributed by atoms with Gasteiger partial charge in [-0.1, -0.05) is 6.07 Å². The molecule has 1 atom stereocenters. The highest BCUT2D eigenvalue weighted by Crippen LogP contribution is 2.43. The molecular weight excluding hydrogens is 492 g/mol. The van der Waals surface area contributed by atoms with Crippen molar-refractivity contribution < 1.29 is 38.3 Å². The zero-order chi connectivity index (χ0) is 27.6. The molecule has 38 heavy (non-hydrogen) atoms. The summed E-state index contributed by atoms with van der Waals surface area (Å²) in [5.41, 5.74) is 1.80. The molecule has 0 bridgehead atoms. The number of aryl methyl sites for hydroxylation is 2. The van der Waals surface area contributed by atoms with E-state index in [9.17, 15) is 19.5 Å². The fraction of sp³-hybridized carbons (Fsp3) is 0.333. The van der Waals surface area contributed by atoms with Crippen LogP contribution in [0.25, 0.3) is 5.76 Å². The smallest absolute Gasteiger partial charge is 0.354 e. The number of aromatic nitrogens is 3. The lowest BCUT2D eigenvalue weighted by atomic mass is 9.93. The molecule has 3 heterocycles. The summed E-state index contributed by atoms with van der Waals surface area (Å²) in [5.74, 6) is -1.60. The van der Waals surface area contributed by atoms with Crippen LogP contribution < -0.4 is 14.0 Å². The average Bonchev–Trinajstić information content (AvgIpc) is 3.61. The number of aliphatic hydroxyl groups excluding tert-OH is 1. The molecule has 200 valence electrons. The van der Waals surface area contributed by atoms with Gasteiger partial charge in [0.1, 0.15) is 23.8 Å². The molecule has 1 fully saturated rings. The van der Waals surface area contributed by atoms with Crippen molar-refractivity contribution in [2.75, 3.05) is 27.9 Å². The Kier molecular flexibility index (Phi) is 7.56. The fourth-order valence-corrected chi connectivity index (χ4v) is 4.91. The van der Waals surface area contributed by atoms with E-state index in [1.165, 1.54) is 26.2 Å². The first-order valence-electron chi connectivity index (χ1n) is 12.0. The van der Waals surface area contributed by atoms with Crippen LogP contribution in [0, 0.1) is 13.8 Å². The van der Waals surface area contributed by atoms with E-state index in [4.69, 9.17) is 14.2 Å². The Labute approximate surface area is 219 Å². The number of nitrogens with one attached hydrogen (secondary N) is 2. The highest BCUT2D eigenvalue weighted by molar-refractivity contribution is 6.46. The number of rotatable bonds is 9. The number of carbonyl (C=O) groups is 3. The van der Waals surface area contributed by atoms with Crippen LogP contribution in [-0.4, -0.2) is 65.5 Å². The molecule has 0 radical (unpaired) electrons. The Morgan fingerprint density at radius 2 is 1.87 bits per heavy atom. The summed E-state index contributed by atoms with van der Waals surface area (Å²) in [6, 6.07) is 4.22. The van der Waals surface area contributed by atoms with Gasteiger partial charge in [-0.2, -0.15) is 0 Å². The quantitative estimate of drug-likeness (QED) is 0.129. The fourth-order valence-electron chi connectivity index (χ4n) is 4.91. The Morgan fingerprint density at radius 1 is 1.13 bits per heavy atom.